The average molecular weight is 449 g/mol. The molecule has 0 amide bonds. The van der Waals surface area contributed by atoms with Crippen molar-refractivity contribution in [1.82, 2.24) is 0 Å². The lowest BCUT2D eigenvalue weighted by atomic mass is 9.88. The van der Waals surface area contributed by atoms with Gasteiger partial charge in [0.2, 0.25) is 0 Å². The van der Waals surface area contributed by atoms with Gasteiger partial charge in [-0.25, -0.2) is 0 Å². The summed E-state index contributed by atoms with van der Waals surface area (Å²) < 4.78 is 15.9. The lowest BCUT2D eigenvalue weighted by Gasteiger charge is -2.22. The number of esters is 3. The van der Waals surface area contributed by atoms with Crippen molar-refractivity contribution in [1.29, 1.82) is 0 Å². The van der Waals surface area contributed by atoms with Gasteiger partial charge in [-0.1, -0.05) is 37.5 Å². The van der Waals surface area contributed by atoms with Crippen LogP contribution in [-0.2, 0) is 28.6 Å². The molecule has 0 N–H and O–H groups in total. The Morgan fingerprint density at radius 1 is 1.12 bits per heavy atom. The van der Waals surface area contributed by atoms with Gasteiger partial charge in [0.05, 0.1) is 7.11 Å². The van der Waals surface area contributed by atoms with Crippen molar-refractivity contribution in [2.45, 2.75) is 97.2 Å². The van der Waals surface area contributed by atoms with Crippen LogP contribution in [0.1, 0.15) is 85.0 Å². The van der Waals surface area contributed by atoms with Crippen LogP contribution in [0.15, 0.2) is 23.8 Å². The summed E-state index contributed by atoms with van der Waals surface area (Å²) >= 11 is 0. The number of carbonyl (C=O) groups is 3. The van der Waals surface area contributed by atoms with Crippen molar-refractivity contribution in [3.8, 4) is 0 Å². The summed E-state index contributed by atoms with van der Waals surface area (Å²) in [5, 5.41) is 0. The molecule has 6 nitrogen and oxygen atoms in total. The Hall–Kier alpha value is -2.11. The molecule has 0 aromatic rings. The van der Waals surface area contributed by atoms with Gasteiger partial charge in [-0.2, -0.15) is 0 Å². The molecule has 0 spiro atoms. The maximum atomic E-state index is 11.7. The summed E-state index contributed by atoms with van der Waals surface area (Å²) in [6.45, 7) is 5.06. The van der Waals surface area contributed by atoms with Gasteiger partial charge in [0.15, 0.2) is 0 Å². The topological polar surface area (TPSA) is 78.9 Å². The molecular formula is C26H40O6. The van der Waals surface area contributed by atoms with E-state index in [-0.39, 0.29) is 36.0 Å². The van der Waals surface area contributed by atoms with Crippen molar-refractivity contribution in [3.63, 3.8) is 0 Å². The Bertz CT molecular complexity index is 694. The average Bonchev–Trinajstić information content (AvgIpc) is 3.25. The molecule has 0 aliphatic heterocycles. The Kier molecular flexibility index (Phi) is 11.0. The molecule has 0 radical (unpaired) electrons. The molecule has 32 heavy (non-hydrogen) atoms. The summed E-state index contributed by atoms with van der Waals surface area (Å²) in [6, 6.07) is 0. The van der Waals surface area contributed by atoms with E-state index in [9.17, 15) is 14.4 Å². The van der Waals surface area contributed by atoms with Gasteiger partial charge in [0.1, 0.15) is 12.2 Å². The molecule has 0 aromatic heterocycles. The third-order valence-electron chi connectivity index (χ3n) is 6.56. The summed E-state index contributed by atoms with van der Waals surface area (Å²) in [7, 11) is 1.42. The van der Waals surface area contributed by atoms with E-state index in [1.165, 1.54) is 26.5 Å². The van der Waals surface area contributed by atoms with Crippen LogP contribution in [-0.4, -0.2) is 37.2 Å². The third-order valence-corrected chi connectivity index (χ3v) is 6.56. The zero-order valence-electron chi connectivity index (χ0n) is 20.1. The minimum absolute atomic E-state index is 0.122. The van der Waals surface area contributed by atoms with Gasteiger partial charge in [-0.15, -0.1) is 0 Å². The van der Waals surface area contributed by atoms with Gasteiger partial charge < -0.3 is 14.2 Å². The van der Waals surface area contributed by atoms with E-state index in [0.29, 0.717) is 18.3 Å². The first-order valence-electron chi connectivity index (χ1n) is 12.1. The molecule has 0 unspecified atom stereocenters. The summed E-state index contributed by atoms with van der Waals surface area (Å²) in [5.74, 6) is 0.250. The molecule has 2 aliphatic carbocycles. The number of allylic oxidation sites excluding steroid dienone is 2. The van der Waals surface area contributed by atoms with Crippen LogP contribution in [0.3, 0.4) is 0 Å². The molecule has 1 fully saturated rings. The third kappa shape index (κ3) is 8.44. The highest BCUT2D eigenvalue weighted by atomic mass is 16.5. The van der Waals surface area contributed by atoms with Crippen molar-refractivity contribution in [2.24, 2.45) is 17.8 Å². The van der Waals surface area contributed by atoms with Crippen molar-refractivity contribution < 1.29 is 28.6 Å². The van der Waals surface area contributed by atoms with E-state index in [2.05, 4.69) is 19.1 Å². The lowest BCUT2D eigenvalue weighted by molar-refractivity contribution is -0.147. The second-order valence-electron chi connectivity index (χ2n) is 9.13. The SMILES string of the molecule is CCCCC[C@@H](/C=C/[C@@H]1[C@H]2CC(CCCCC(=O)OC)=C[C@H]2C[C@H]1OC(C)=O)OC(C)=O. The monoisotopic (exact) mass is 448 g/mol. The summed E-state index contributed by atoms with van der Waals surface area (Å²) in [6.07, 6.45) is 15.3. The van der Waals surface area contributed by atoms with E-state index in [1.807, 2.05) is 6.08 Å². The van der Waals surface area contributed by atoms with Crippen LogP contribution in [0.5, 0.6) is 0 Å². The number of unbranched alkanes of at least 4 members (excludes halogenated alkanes) is 3. The molecule has 0 bridgehead atoms. The molecule has 0 heterocycles. The molecule has 2 rings (SSSR count). The first kappa shape index (κ1) is 26.1. The maximum absolute atomic E-state index is 11.7. The van der Waals surface area contributed by atoms with Gasteiger partial charge in [0.25, 0.3) is 0 Å². The number of rotatable bonds is 13. The fourth-order valence-corrected chi connectivity index (χ4v) is 5.08. The number of carbonyl (C=O) groups excluding carboxylic acids is 3. The molecule has 1 saturated carbocycles. The van der Waals surface area contributed by atoms with Gasteiger partial charge >= 0.3 is 17.9 Å². The molecule has 180 valence electrons. The highest BCUT2D eigenvalue weighted by molar-refractivity contribution is 5.69. The summed E-state index contributed by atoms with van der Waals surface area (Å²) in [4.78, 5) is 34.5. The van der Waals surface area contributed by atoms with Crippen LogP contribution in [0.25, 0.3) is 0 Å². The summed E-state index contributed by atoms with van der Waals surface area (Å²) in [5.41, 5.74) is 1.43. The minimum atomic E-state index is -0.270. The zero-order valence-corrected chi connectivity index (χ0v) is 20.1. The maximum Gasteiger partial charge on any atom is 0.305 e. The number of hydrogen-bond donors (Lipinski definition) is 0. The highest BCUT2D eigenvalue weighted by Crippen LogP contribution is 2.49. The Labute approximate surface area is 192 Å². The van der Waals surface area contributed by atoms with Gasteiger partial charge in [-0.3, -0.25) is 14.4 Å². The van der Waals surface area contributed by atoms with Gasteiger partial charge in [-0.05, 0) is 62.9 Å². The van der Waals surface area contributed by atoms with Crippen LogP contribution in [0.2, 0.25) is 0 Å². The van der Waals surface area contributed by atoms with E-state index in [4.69, 9.17) is 14.2 Å². The predicted molar refractivity (Wildman–Crippen MR) is 123 cm³/mol. The fourth-order valence-electron chi connectivity index (χ4n) is 5.08. The van der Waals surface area contributed by atoms with Crippen LogP contribution >= 0.6 is 0 Å². The molecule has 2 aliphatic rings. The van der Waals surface area contributed by atoms with E-state index in [0.717, 1.165) is 57.8 Å². The smallest absolute Gasteiger partial charge is 0.305 e. The van der Waals surface area contributed by atoms with Crippen LogP contribution < -0.4 is 0 Å². The quantitative estimate of drug-likeness (QED) is 0.165. The second-order valence-corrected chi connectivity index (χ2v) is 9.13. The largest absolute Gasteiger partial charge is 0.469 e. The molecule has 5 atom stereocenters. The number of hydrogen-bond acceptors (Lipinski definition) is 6. The molecule has 0 aromatic carbocycles. The first-order valence-corrected chi connectivity index (χ1v) is 12.1. The van der Waals surface area contributed by atoms with Crippen LogP contribution in [0, 0.1) is 17.8 Å². The molecular weight excluding hydrogens is 408 g/mol. The minimum Gasteiger partial charge on any atom is -0.469 e. The van der Waals surface area contributed by atoms with E-state index >= 15 is 0 Å². The Morgan fingerprint density at radius 3 is 2.56 bits per heavy atom. The fraction of sp³-hybridized carbons (Fsp3) is 0.731. The Balaban J connectivity index is 2.00. The predicted octanol–water partition coefficient (Wildman–Crippen LogP) is 5.30. The van der Waals surface area contributed by atoms with Crippen LogP contribution in [0.4, 0.5) is 0 Å². The number of methoxy groups -OCH3 is 1. The molecule has 0 saturated heterocycles. The standard InChI is InChI=1S/C26H40O6/c1-5-6-7-11-22(31-18(2)27)13-14-23-24-16-20(10-8-9-12-26(29)30-4)15-21(24)17-25(23)32-19(3)28/h13-15,21-25H,5-12,16-17H2,1-4H3/b14-13+/t21-,22-,23+,24-,25+/m0/s1. The van der Waals surface area contributed by atoms with Gasteiger partial charge in [0, 0.05) is 26.2 Å². The number of ether oxygens (including phenoxy) is 3. The van der Waals surface area contributed by atoms with Crippen molar-refractivity contribution in [3.05, 3.63) is 23.8 Å². The first-order chi connectivity index (χ1) is 15.3. The number of fused-ring (bicyclic) bond motifs is 1. The second kappa shape index (κ2) is 13.4. The van der Waals surface area contributed by atoms with Crippen molar-refractivity contribution in [2.75, 3.05) is 7.11 Å². The molecule has 6 heteroatoms. The van der Waals surface area contributed by atoms with E-state index < -0.39 is 0 Å². The van der Waals surface area contributed by atoms with Crippen molar-refractivity contribution >= 4 is 17.9 Å². The normalized spacial score (nSPS) is 25.3. The zero-order chi connectivity index (χ0) is 23.5. The lowest BCUT2D eigenvalue weighted by Crippen LogP contribution is -2.24. The van der Waals surface area contributed by atoms with E-state index in [1.54, 1.807) is 0 Å². The highest BCUT2D eigenvalue weighted by Gasteiger charge is 2.45. The Morgan fingerprint density at radius 2 is 1.91 bits per heavy atom.